The standard InChI is InChI=1S/C13H20N2O4S/c1-13(2,3)15-20(18,19)14-11(12(16)17)9-10-7-5-4-6-8-10/h4-8,11,14-15H,9H2,1-3H3,(H,16,17)/t11-/m0/s1. The Morgan fingerprint density at radius 1 is 1.25 bits per heavy atom. The molecule has 0 bridgehead atoms. The van der Waals surface area contributed by atoms with Crippen LogP contribution < -0.4 is 9.44 Å². The average Bonchev–Trinajstić information content (AvgIpc) is 2.25. The fourth-order valence-corrected chi connectivity index (χ4v) is 3.07. The van der Waals surface area contributed by atoms with Crippen molar-refractivity contribution in [1.82, 2.24) is 9.44 Å². The molecule has 0 aromatic heterocycles. The fraction of sp³-hybridized carbons (Fsp3) is 0.462. The summed E-state index contributed by atoms with van der Waals surface area (Å²) in [7, 11) is -3.88. The van der Waals surface area contributed by atoms with Gasteiger partial charge in [-0.25, -0.2) is 0 Å². The summed E-state index contributed by atoms with van der Waals surface area (Å²) >= 11 is 0. The highest BCUT2D eigenvalue weighted by atomic mass is 32.2. The van der Waals surface area contributed by atoms with Crippen LogP contribution in [0, 0.1) is 0 Å². The number of carboxylic acid groups (broad SMARTS) is 1. The molecule has 0 saturated carbocycles. The van der Waals surface area contributed by atoms with Gasteiger partial charge in [0.2, 0.25) is 0 Å². The van der Waals surface area contributed by atoms with Crippen LogP contribution in [0.15, 0.2) is 30.3 Å². The van der Waals surface area contributed by atoms with Gasteiger partial charge in [-0.3, -0.25) is 4.79 Å². The summed E-state index contributed by atoms with van der Waals surface area (Å²) < 4.78 is 28.3. The van der Waals surface area contributed by atoms with Crippen LogP contribution in [0.5, 0.6) is 0 Å². The van der Waals surface area contributed by atoms with Crippen molar-refractivity contribution in [3.8, 4) is 0 Å². The number of nitrogens with one attached hydrogen (secondary N) is 2. The highest BCUT2D eigenvalue weighted by Gasteiger charge is 2.27. The van der Waals surface area contributed by atoms with Gasteiger partial charge in [-0.05, 0) is 32.8 Å². The van der Waals surface area contributed by atoms with Crippen molar-refractivity contribution in [1.29, 1.82) is 0 Å². The molecule has 0 amide bonds. The van der Waals surface area contributed by atoms with E-state index in [0.29, 0.717) is 0 Å². The van der Waals surface area contributed by atoms with Crippen LogP contribution in [-0.4, -0.2) is 31.1 Å². The molecule has 1 aromatic carbocycles. The van der Waals surface area contributed by atoms with Gasteiger partial charge in [-0.2, -0.15) is 17.9 Å². The van der Waals surface area contributed by atoms with Gasteiger partial charge in [0.05, 0.1) is 0 Å². The Bertz CT molecular complexity index is 549. The van der Waals surface area contributed by atoms with Crippen molar-refractivity contribution in [2.75, 3.05) is 0 Å². The Morgan fingerprint density at radius 3 is 2.25 bits per heavy atom. The predicted molar refractivity (Wildman–Crippen MR) is 76.5 cm³/mol. The van der Waals surface area contributed by atoms with Crippen molar-refractivity contribution in [3.63, 3.8) is 0 Å². The summed E-state index contributed by atoms with van der Waals surface area (Å²) in [5.41, 5.74) is 0.0695. The first-order valence-electron chi connectivity index (χ1n) is 6.17. The zero-order chi connectivity index (χ0) is 15.4. The molecule has 0 unspecified atom stereocenters. The lowest BCUT2D eigenvalue weighted by molar-refractivity contribution is -0.138. The van der Waals surface area contributed by atoms with E-state index >= 15 is 0 Å². The first kappa shape index (κ1) is 16.6. The van der Waals surface area contributed by atoms with Crippen LogP contribution in [0.4, 0.5) is 0 Å². The SMILES string of the molecule is CC(C)(C)NS(=O)(=O)N[C@@H](Cc1ccccc1)C(=O)O. The van der Waals surface area contributed by atoms with E-state index < -0.39 is 27.8 Å². The molecule has 0 radical (unpaired) electrons. The van der Waals surface area contributed by atoms with E-state index in [1.807, 2.05) is 6.07 Å². The number of hydrogen-bond donors (Lipinski definition) is 3. The maximum Gasteiger partial charge on any atom is 0.322 e. The molecule has 0 aliphatic rings. The topological polar surface area (TPSA) is 95.5 Å². The van der Waals surface area contributed by atoms with Gasteiger partial charge in [-0.15, -0.1) is 0 Å². The molecule has 0 heterocycles. The Balaban J connectivity index is 2.81. The summed E-state index contributed by atoms with van der Waals surface area (Å²) in [6.45, 7) is 5.04. The number of aliphatic carboxylic acids is 1. The van der Waals surface area contributed by atoms with E-state index in [4.69, 9.17) is 5.11 Å². The van der Waals surface area contributed by atoms with Crippen molar-refractivity contribution < 1.29 is 18.3 Å². The lowest BCUT2D eigenvalue weighted by atomic mass is 10.1. The summed E-state index contributed by atoms with van der Waals surface area (Å²) in [6, 6.07) is 7.65. The average molecular weight is 300 g/mol. The second kappa shape index (κ2) is 6.34. The Morgan fingerprint density at radius 2 is 1.80 bits per heavy atom. The molecular formula is C13H20N2O4S. The van der Waals surface area contributed by atoms with E-state index in [1.54, 1.807) is 45.0 Å². The second-order valence-corrected chi connectivity index (χ2v) is 7.00. The largest absolute Gasteiger partial charge is 0.480 e. The third kappa shape index (κ3) is 6.14. The lowest BCUT2D eigenvalue weighted by Gasteiger charge is -2.22. The Labute approximate surface area is 119 Å². The maximum absolute atomic E-state index is 11.9. The molecule has 1 atom stereocenters. The molecule has 0 aliphatic carbocycles. The summed E-state index contributed by atoms with van der Waals surface area (Å²) in [5.74, 6) is -1.21. The molecule has 0 fully saturated rings. The van der Waals surface area contributed by atoms with Gasteiger partial charge in [0.15, 0.2) is 0 Å². The summed E-state index contributed by atoms with van der Waals surface area (Å²) in [6.07, 6.45) is 0.0845. The quantitative estimate of drug-likeness (QED) is 0.727. The highest BCUT2D eigenvalue weighted by Crippen LogP contribution is 2.06. The van der Waals surface area contributed by atoms with Crippen molar-refractivity contribution in [2.45, 2.75) is 38.8 Å². The zero-order valence-corrected chi connectivity index (χ0v) is 12.6. The van der Waals surface area contributed by atoms with E-state index in [9.17, 15) is 13.2 Å². The van der Waals surface area contributed by atoms with E-state index in [0.717, 1.165) is 5.56 Å². The minimum atomic E-state index is -3.88. The number of hydrogen-bond acceptors (Lipinski definition) is 3. The molecular weight excluding hydrogens is 280 g/mol. The molecule has 20 heavy (non-hydrogen) atoms. The fourth-order valence-electron chi connectivity index (χ4n) is 1.65. The van der Waals surface area contributed by atoms with Gasteiger partial charge in [-0.1, -0.05) is 30.3 Å². The predicted octanol–water partition coefficient (Wildman–Crippen LogP) is 0.905. The molecule has 0 aliphatic heterocycles. The highest BCUT2D eigenvalue weighted by molar-refractivity contribution is 7.87. The third-order valence-corrected chi connectivity index (χ3v) is 3.79. The molecule has 6 nitrogen and oxygen atoms in total. The third-order valence-electron chi connectivity index (χ3n) is 2.32. The molecule has 0 spiro atoms. The van der Waals surface area contributed by atoms with Gasteiger partial charge < -0.3 is 5.11 Å². The molecule has 3 N–H and O–H groups in total. The van der Waals surface area contributed by atoms with Crippen LogP contribution in [0.1, 0.15) is 26.3 Å². The van der Waals surface area contributed by atoms with Crippen molar-refractivity contribution in [2.24, 2.45) is 0 Å². The Hall–Kier alpha value is -1.44. The number of rotatable bonds is 6. The summed E-state index contributed by atoms with van der Waals surface area (Å²) in [4.78, 5) is 11.2. The number of carbonyl (C=O) groups is 1. The summed E-state index contributed by atoms with van der Waals surface area (Å²) in [5, 5.41) is 9.14. The van der Waals surface area contributed by atoms with Crippen LogP contribution in [-0.2, 0) is 21.4 Å². The van der Waals surface area contributed by atoms with Crippen LogP contribution in [0.3, 0.4) is 0 Å². The number of carboxylic acids is 1. The van der Waals surface area contributed by atoms with E-state index in [-0.39, 0.29) is 6.42 Å². The molecule has 1 rings (SSSR count). The smallest absolute Gasteiger partial charge is 0.322 e. The normalized spacial score (nSPS) is 13.9. The van der Waals surface area contributed by atoms with Gasteiger partial charge in [0.1, 0.15) is 6.04 Å². The minimum absolute atomic E-state index is 0.0845. The molecule has 0 saturated heterocycles. The maximum atomic E-state index is 11.9. The van der Waals surface area contributed by atoms with Crippen LogP contribution in [0.2, 0.25) is 0 Å². The van der Waals surface area contributed by atoms with E-state index in [2.05, 4.69) is 9.44 Å². The molecule has 1 aromatic rings. The van der Waals surface area contributed by atoms with Crippen molar-refractivity contribution >= 4 is 16.2 Å². The Kier molecular flexibility index (Phi) is 5.27. The molecule has 7 heteroatoms. The van der Waals surface area contributed by atoms with Crippen LogP contribution in [0.25, 0.3) is 0 Å². The second-order valence-electron chi connectivity index (χ2n) is 5.55. The van der Waals surface area contributed by atoms with Gasteiger partial charge in [0, 0.05) is 5.54 Å². The molecule has 112 valence electrons. The zero-order valence-electron chi connectivity index (χ0n) is 11.8. The lowest BCUT2D eigenvalue weighted by Crippen LogP contribution is -2.52. The van der Waals surface area contributed by atoms with Crippen LogP contribution >= 0.6 is 0 Å². The minimum Gasteiger partial charge on any atom is -0.480 e. The van der Waals surface area contributed by atoms with E-state index in [1.165, 1.54) is 0 Å². The van der Waals surface area contributed by atoms with Gasteiger partial charge >= 0.3 is 5.97 Å². The van der Waals surface area contributed by atoms with Crippen molar-refractivity contribution in [3.05, 3.63) is 35.9 Å². The first-order valence-corrected chi connectivity index (χ1v) is 7.65. The first-order chi connectivity index (χ1) is 9.09. The number of benzene rings is 1. The monoisotopic (exact) mass is 300 g/mol. The van der Waals surface area contributed by atoms with Gasteiger partial charge in [0.25, 0.3) is 10.2 Å².